The third-order valence-corrected chi connectivity index (χ3v) is 2.79. The van der Waals surface area contributed by atoms with Crippen molar-refractivity contribution in [2.75, 3.05) is 6.61 Å². The number of aromatic nitrogens is 4. The van der Waals surface area contributed by atoms with E-state index < -0.39 is 5.97 Å². The topological polar surface area (TPSA) is 69.9 Å². The maximum absolute atomic E-state index is 11.7. The third-order valence-electron chi connectivity index (χ3n) is 2.54. The summed E-state index contributed by atoms with van der Waals surface area (Å²) in [6.45, 7) is 2.03. The summed E-state index contributed by atoms with van der Waals surface area (Å²) in [4.78, 5) is 24.2. The Bertz CT molecular complexity index is 597. The first-order valence-corrected chi connectivity index (χ1v) is 6.26. The summed E-state index contributed by atoms with van der Waals surface area (Å²) in [6, 6.07) is 0. The van der Waals surface area contributed by atoms with Gasteiger partial charge in [-0.05, 0) is 6.92 Å². The van der Waals surface area contributed by atoms with Gasteiger partial charge in [0, 0.05) is 13.2 Å². The lowest BCUT2D eigenvalue weighted by atomic mass is 10.2. The molecule has 2 rings (SSSR count). The summed E-state index contributed by atoms with van der Waals surface area (Å²) in [6.07, 6.45) is 4.74. The molecule has 0 N–H and O–H groups in total. The number of rotatable bonds is 4. The van der Waals surface area contributed by atoms with Crippen LogP contribution >= 0.6 is 11.6 Å². The lowest BCUT2D eigenvalue weighted by Gasteiger charge is -2.07. The quantitative estimate of drug-likeness (QED) is 0.631. The van der Waals surface area contributed by atoms with E-state index in [2.05, 4.69) is 15.0 Å². The van der Waals surface area contributed by atoms with Gasteiger partial charge in [-0.15, -0.1) is 11.6 Å². The molecule has 0 amide bonds. The molecule has 0 aliphatic carbocycles. The first-order valence-electron chi connectivity index (χ1n) is 5.73. The second-order valence-corrected chi connectivity index (χ2v) is 4.07. The average molecular weight is 281 g/mol. The molecule has 19 heavy (non-hydrogen) atoms. The van der Waals surface area contributed by atoms with E-state index in [1.807, 2.05) is 7.05 Å². The van der Waals surface area contributed by atoms with Gasteiger partial charge in [0.15, 0.2) is 5.82 Å². The van der Waals surface area contributed by atoms with Crippen LogP contribution in [-0.2, 0) is 17.7 Å². The number of aryl methyl sites for hydroxylation is 1. The minimum atomic E-state index is -0.463. The van der Waals surface area contributed by atoms with E-state index in [4.69, 9.17) is 16.3 Å². The molecule has 0 atom stereocenters. The largest absolute Gasteiger partial charge is 0.462 e. The minimum absolute atomic E-state index is 0.113. The second kappa shape index (κ2) is 5.79. The van der Waals surface area contributed by atoms with E-state index in [1.54, 1.807) is 24.0 Å². The Kier molecular flexibility index (Phi) is 4.11. The molecule has 0 saturated heterocycles. The fourth-order valence-electron chi connectivity index (χ4n) is 1.59. The van der Waals surface area contributed by atoms with Gasteiger partial charge < -0.3 is 9.30 Å². The molecule has 0 bridgehead atoms. The van der Waals surface area contributed by atoms with Gasteiger partial charge in [0.1, 0.15) is 11.3 Å². The predicted octanol–water partition coefficient (Wildman–Crippen LogP) is 1.79. The van der Waals surface area contributed by atoms with E-state index in [9.17, 15) is 4.79 Å². The van der Waals surface area contributed by atoms with Gasteiger partial charge in [-0.25, -0.2) is 19.7 Å². The number of hydrogen-bond acceptors (Lipinski definition) is 5. The molecule has 0 saturated carbocycles. The van der Waals surface area contributed by atoms with Crippen LogP contribution in [0.3, 0.4) is 0 Å². The highest BCUT2D eigenvalue weighted by Crippen LogP contribution is 2.17. The molecule has 2 aromatic rings. The third kappa shape index (κ3) is 2.73. The van der Waals surface area contributed by atoms with Crippen molar-refractivity contribution < 1.29 is 9.53 Å². The maximum atomic E-state index is 11.7. The zero-order valence-corrected chi connectivity index (χ0v) is 11.4. The molecule has 2 aromatic heterocycles. The smallest absolute Gasteiger partial charge is 0.341 e. The van der Waals surface area contributed by atoms with Crippen LogP contribution < -0.4 is 0 Å². The van der Waals surface area contributed by atoms with E-state index in [0.717, 1.165) is 5.69 Å². The average Bonchev–Trinajstić information content (AvgIpc) is 2.84. The number of alkyl halides is 1. The van der Waals surface area contributed by atoms with Gasteiger partial charge in [-0.3, -0.25) is 0 Å². The first-order chi connectivity index (χ1) is 9.17. The number of carbonyl (C=O) groups is 1. The summed E-state index contributed by atoms with van der Waals surface area (Å²) in [5.74, 6) is 0.125. The molecule has 7 heteroatoms. The van der Waals surface area contributed by atoms with Gasteiger partial charge in [-0.2, -0.15) is 0 Å². The maximum Gasteiger partial charge on any atom is 0.341 e. The molecule has 0 aromatic carbocycles. The Labute approximate surface area is 115 Å². The van der Waals surface area contributed by atoms with Crippen molar-refractivity contribution in [1.82, 2.24) is 19.5 Å². The zero-order valence-electron chi connectivity index (χ0n) is 10.6. The van der Waals surface area contributed by atoms with Crippen LogP contribution in [0.25, 0.3) is 11.5 Å². The van der Waals surface area contributed by atoms with Crippen molar-refractivity contribution in [3.8, 4) is 11.5 Å². The van der Waals surface area contributed by atoms with Crippen molar-refractivity contribution in [1.29, 1.82) is 0 Å². The molecule has 100 valence electrons. The monoisotopic (exact) mass is 280 g/mol. The summed E-state index contributed by atoms with van der Waals surface area (Å²) in [5.41, 5.74) is 1.50. The molecule has 6 nitrogen and oxygen atoms in total. The summed E-state index contributed by atoms with van der Waals surface area (Å²) >= 11 is 5.83. The number of imidazole rings is 1. The Morgan fingerprint density at radius 1 is 1.47 bits per heavy atom. The second-order valence-electron chi connectivity index (χ2n) is 3.80. The zero-order chi connectivity index (χ0) is 13.8. The van der Waals surface area contributed by atoms with E-state index >= 15 is 0 Å². The highest BCUT2D eigenvalue weighted by molar-refractivity contribution is 6.17. The highest BCUT2D eigenvalue weighted by Gasteiger charge is 2.16. The molecule has 0 aliphatic heterocycles. The number of esters is 1. The van der Waals surface area contributed by atoms with E-state index in [0.29, 0.717) is 23.7 Å². The van der Waals surface area contributed by atoms with Crippen molar-refractivity contribution in [3.05, 3.63) is 30.0 Å². The predicted molar refractivity (Wildman–Crippen MR) is 69.7 cm³/mol. The fraction of sp³-hybridized carbons (Fsp3) is 0.333. The Hall–Kier alpha value is -1.95. The SMILES string of the molecule is CCOC(=O)c1cnc(-c2cncn2C)nc1CCl. The number of hydrogen-bond donors (Lipinski definition) is 0. The number of ether oxygens (including phenoxy) is 1. The van der Waals surface area contributed by atoms with Gasteiger partial charge in [0.25, 0.3) is 0 Å². The van der Waals surface area contributed by atoms with Crippen LogP contribution in [0, 0.1) is 0 Å². The molecule has 0 radical (unpaired) electrons. The van der Waals surface area contributed by atoms with Crippen LogP contribution in [0.15, 0.2) is 18.7 Å². The standard InChI is InChI=1S/C12H13ClN4O2/c1-3-19-12(18)8-5-15-11(16-9(8)4-13)10-6-14-7-17(10)2/h5-7H,3-4H2,1-2H3. The van der Waals surface area contributed by atoms with Gasteiger partial charge >= 0.3 is 5.97 Å². The highest BCUT2D eigenvalue weighted by atomic mass is 35.5. The van der Waals surface area contributed by atoms with Crippen LogP contribution in [0.1, 0.15) is 23.0 Å². The number of carbonyl (C=O) groups excluding carboxylic acids is 1. The Balaban J connectivity index is 2.42. The van der Waals surface area contributed by atoms with Crippen molar-refractivity contribution in [2.45, 2.75) is 12.8 Å². The number of nitrogens with zero attached hydrogens (tertiary/aromatic N) is 4. The van der Waals surface area contributed by atoms with Crippen molar-refractivity contribution in [3.63, 3.8) is 0 Å². The van der Waals surface area contributed by atoms with Gasteiger partial charge in [0.05, 0.1) is 30.7 Å². The Morgan fingerprint density at radius 3 is 2.84 bits per heavy atom. The molecular formula is C12H13ClN4O2. The molecule has 0 unspecified atom stereocenters. The lowest BCUT2D eigenvalue weighted by Crippen LogP contribution is -2.11. The lowest BCUT2D eigenvalue weighted by molar-refractivity contribution is 0.0524. The van der Waals surface area contributed by atoms with Crippen molar-refractivity contribution in [2.24, 2.45) is 7.05 Å². The van der Waals surface area contributed by atoms with Gasteiger partial charge in [0.2, 0.25) is 0 Å². The van der Waals surface area contributed by atoms with Crippen LogP contribution in [0.2, 0.25) is 0 Å². The van der Waals surface area contributed by atoms with Crippen molar-refractivity contribution >= 4 is 17.6 Å². The molecule has 2 heterocycles. The molecule has 0 spiro atoms. The van der Waals surface area contributed by atoms with E-state index in [1.165, 1.54) is 6.20 Å². The summed E-state index contributed by atoms with van der Waals surface area (Å²) in [7, 11) is 1.84. The van der Waals surface area contributed by atoms with Crippen LogP contribution in [0.5, 0.6) is 0 Å². The summed E-state index contributed by atoms with van der Waals surface area (Å²) < 4.78 is 6.72. The first kappa shape index (κ1) is 13.5. The van der Waals surface area contributed by atoms with Crippen LogP contribution in [0.4, 0.5) is 0 Å². The van der Waals surface area contributed by atoms with Crippen LogP contribution in [-0.4, -0.2) is 32.1 Å². The van der Waals surface area contributed by atoms with Gasteiger partial charge in [-0.1, -0.05) is 0 Å². The van der Waals surface area contributed by atoms with E-state index in [-0.39, 0.29) is 5.88 Å². The number of halogens is 1. The summed E-state index contributed by atoms with van der Waals surface area (Å²) in [5, 5.41) is 0. The minimum Gasteiger partial charge on any atom is -0.462 e. The molecule has 0 aliphatic rings. The molecular weight excluding hydrogens is 268 g/mol. The molecule has 0 fully saturated rings. The fourth-order valence-corrected chi connectivity index (χ4v) is 1.80. The Morgan fingerprint density at radius 2 is 2.26 bits per heavy atom. The normalized spacial score (nSPS) is 10.5.